The summed E-state index contributed by atoms with van der Waals surface area (Å²) in [5.41, 5.74) is 6.55. The van der Waals surface area contributed by atoms with Gasteiger partial charge in [0.1, 0.15) is 10.7 Å². The number of hydrogen-bond acceptors (Lipinski definition) is 6. The molecule has 7 heteroatoms. The van der Waals surface area contributed by atoms with E-state index in [1.165, 1.54) is 6.20 Å². The average Bonchev–Trinajstić information content (AvgIpc) is 2.81. The van der Waals surface area contributed by atoms with Crippen LogP contribution in [0.5, 0.6) is 0 Å². The quantitative estimate of drug-likeness (QED) is 0.876. The highest BCUT2D eigenvalue weighted by atomic mass is 32.1. The van der Waals surface area contributed by atoms with Gasteiger partial charge in [0, 0.05) is 5.41 Å². The second kappa shape index (κ2) is 4.93. The molecule has 3 N–H and O–H groups in total. The van der Waals surface area contributed by atoms with E-state index in [4.69, 9.17) is 5.73 Å². The van der Waals surface area contributed by atoms with E-state index >= 15 is 0 Å². The third kappa shape index (κ3) is 3.05. The predicted octanol–water partition coefficient (Wildman–Crippen LogP) is 2.07. The van der Waals surface area contributed by atoms with Crippen LogP contribution in [0, 0.1) is 0 Å². The van der Waals surface area contributed by atoms with Gasteiger partial charge < -0.3 is 11.1 Å². The lowest BCUT2D eigenvalue weighted by molar-refractivity contribution is 0.102. The number of pyridine rings is 1. The molecule has 2 heterocycles. The van der Waals surface area contributed by atoms with E-state index in [1.54, 1.807) is 12.1 Å². The van der Waals surface area contributed by atoms with Crippen LogP contribution >= 0.6 is 11.5 Å². The monoisotopic (exact) mass is 277 g/mol. The minimum atomic E-state index is -0.253. The van der Waals surface area contributed by atoms with Crippen molar-refractivity contribution in [1.82, 2.24) is 14.6 Å². The number of carbonyl (C=O) groups is 1. The van der Waals surface area contributed by atoms with Crippen molar-refractivity contribution >= 4 is 28.9 Å². The molecule has 2 aromatic heterocycles. The Morgan fingerprint density at radius 3 is 2.68 bits per heavy atom. The van der Waals surface area contributed by atoms with Crippen LogP contribution in [-0.4, -0.2) is 20.5 Å². The van der Waals surface area contributed by atoms with Crippen molar-refractivity contribution in [3.63, 3.8) is 0 Å². The summed E-state index contributed by atoms with van der Waals surface area (Å²) >= 11 is 1.08. The lowest BCUT2D eigenvalue weighted by atomic mass is 9.91. The normalized spacial score (nSPS) is 11.3. The van der Waals surface area contributed by atoms with E-state index in [0.717, 1.165) is 11.5 Å². The smallest absolute Gasteiger partial charge is 0.270 e. The first kappa shape index (κ1) is 13.4. The minimum Gasteiger partial charge on any atom is -0.397 e. The van der Waals surface area contributed by atoms with Crippen LogP contribution in [-0.2, 0) is 5.41 Å². The van der Waals surface area contributed by atoms with E-state index < -0.39 is 0 Å². The Balaban J connectivity index is 2.21. The summed E-state index contributed by atoms with van der Waals surface area (Å²) in [6.07, 6.45) is 1.49. The molecule has 0 aliphatic heterocycles. The van der Waals surface area contributed by atoms with Gasteiger partial charge in [0.15, 0.2) is 0 Å². The summed E-state index contributed by atoms with van der Waals surface area (Å²) in [5.74, 6) is 0.199. The van der Waals surface area contributed by atoms with Crippen molar-refractivity contribution < 1.29 is 4.79 Å². The number of nitrogens with zero attached hydrogens (tertiary/aromatic N) is 3. The summed E-state index contributed by atoms with van der Waals surface area (Å²) < 4.78 is 3.86. The zero-order chi connectivity index (χ0) is 14.0. The maximum atomic E-state index is 12.2. The molecule has 0 bridgehead atoms. The van der Waals surface area contributed by atoms with Crippen LogP contribution in [0.15, 0.2) is 18.3 Å². The third-order valence-corrected chi connectivity index (χ3v) is 3.16. The molecular weight excluding hydrogens is 262 g/mol. The van der Waals surface area contributed by atoms with E-state index in [2.05, 4.69) is 19.9 Å². The first-order valence-electron chi connectivity index (χ1n) is 5.73. The zero-order valence-electron chi connectivity index (χ0n) is 11.0. The molecule has 0 aromatic carbocycles. The number of rotatable bonds is 2. The number of nitrogen functional groups attached to an aromatic ring is 1. The number of hydrogen-bond donors (Lipinski definition) is 2. The molecule has 0 fully saturated rings. The van der Waals surface area contributed by atoms with E-state index in [0.29, 0.717) is 22.1 Å². The standard InChI is InChI=1S/C12H15N5OS/c1-12(2,3)10-9(19-17-16-10)11(18)15-8-5-4-7(13)6-14-8/h4-6H,13H2,1-3H3,(H,14,15,18). The molecule has 2 aromatic rings. The van der Waals surface area contributed by atoms with Gasteiger partial charge in [-0.05, 0) is 23.7 Å². The molecule has 0 spiro atoms. The molecule has 0 atom stereocenters. The van der Waals surface area contributed by atoms with Gasteiger partial charge in [-0.15, -0.1) is 5.10 Å². The highest BCUT2D eigenvalue weighted by Gasteiger charge is 2.26. The minimum absolute atomic E-state index is 0.228. The van der Waals surface area contributed by atoms with Gasteiger partial charge in [-0.25, -0.2) is 4.98 Å². The topological polar surface area (TPSA) is 93.8 Å². The number of carbonyl (C=O) groups excluding carboxylic acids is 1. The highest BCUT2D eigenvalue weighted by Crippen LogP contribution is 2.26. The molecule has 0 radical (unpaired) electrons. The Labute approximate surface area is 115 Å². The third-order valence-electron chi connectivity index (χ3n) is 2.43. The number of nitrogens with one attached hydrogen (secondary N) is 1. The second-order valence-electron chi connectivity index (χ2n) is 5.13. The summed E-state index contributed by atoms with van der Waals surface area (Å²) in [4.78, 5) is 16.7. The largest absolute Gasteiger partial charge is 0.397 e. The van der Waals surface area contributed by atoms with Crippen LogP contribution < -0.4 is 11.1 Å². The Bertz CT molecular complexity index is 585. The fourth-order valence-corrected chi connectivity index (χ4v) is 2.25. The van der Waals surface area contributed by atoms with Crippen molar-refractivity contribution in [3.05, 3.63) is 28.9 Å². The molecule has 0 saturated carbocycles. The fraction of sp³-hybridized carbons (Fsp3) is 0.333. The van der Waals surface area contributed by atoms with E-state index in [1.807, 2.05) is 20.8 Å². The maximum absolute atomic E-state index is 12.2. The summed E-state index contributed by atoms with van der Waals surface area (Å²) in [6, 6.07) is 3.33. The summed E-state index contributed by atoms with van der Waals surface area (Å²) in [7, 11) is 0. The van der Waals surface area contributed by atoms with Crippen molar-refractivity contribution in [2.75, 3.05) is 11.1 Å². The molecule has 2 rings (SSSR count). The van der Waals surface area contributed by atoms with Crippen molar-refractivity contribution in [2.45, 2.75) is 26.2 Å². The molecule has 0 aliphatic carbocycles. The van der Waals surface area contributed by atoms with Gasteiger partial charge >= 0.3 is 0 Å². The van der Waals surface area contributed by atoms with E-state index in [9.17, 15) is 4.79 Å². The van der Waals surface area contributed by atoms with Crippen molar-refractivity contribution in [3.8, 4) is 0 Å². The molecule has 0 saturated heterocycles. The zero-order valence-corrected chi connectivity index (χ0v) is 11.8. The van der Waals surface area contributed by atoms with E-state index in [-0.39, 0.29) is 11.3 Å². The van der Waals surface area contributed by atoms with Crippen LogP contribution in [0.4, 0.5) is 11.5 Å². The van der Waals surface area contributed by atoms with Gasteiger partial charge in [0.25, 0.3) is 5.91 Å². The Hall–Kier alpha value is -2.02. The second-order valence-corrected chi connectivity index (χ2v) is 5.89. The van der Waals surface area contributed by atoms with Gasteiger partial charge in [-0.2, -0.15) is 0 Å². The van der Waals surface area contributed by atoms with Gasteiger partial charge in [-0.1, -0.05) is 25.3 Å². The SMILES string of the molecule is CC(C)(C)c1nnsc1C(=O)Nc1ccc(N)cn1. The van der Waals surface area contributed by atoms with Crippen LogP contribution in [0.3, 0.4) is 0 Å². The molecule has 6 nitrogen and oxygen atoms in total. The Kier molecular flexibility index (Phi) is 3.48. The molecule has 19 heavy (non-hydrogen) atoms. The number of aromatic nitrogens is 3. The number of amides is 1. The van der Waals surface area contributed by atoms with Gasteiger partial charge in [0.05, 0.1) is 17.6 Å². The average molecular weight is 277 g/mol. The number of nitrogens with two attached hydrogens (primary N) is 1. The Morgan fingerprint density at radius 2 is 2.11 bits per heavy atom. The lowest BCUT2D eigenvalue weighted by Gasteiger charge is -2.16. The fourth-order valence-electron chi connectivity index (χ4n) is 1.48. The van der Waals surface area contributed by atoms with Crippen LogP contribution in [0.1, 0.15) is 36.1 Å². The molecule has 1 amide bonds. The van der Waals surface area contributed by atoms with Gasteiger partial charge in [0.2, 0.25) is 0 Å². The maximum Gasteiger partial charge on any atom is 0.270 e. The first-order chi connectivity index (χ1) is 8.88. The molecular formula is C12H15N5OS. The van der Waals surface area contributed by atoms with Crippen molar-refractivity contribution in [1.29, 1.82) is 0 Å². The first-order valence-corrected chi connectivity index (χ1v) is 6.51. The Morgan fingerprint density at radius 1 is 1.37 bits per heavy atom. The highest BCUT2D eigenvalue weighted by molar-refractivity contribution is 7.08. The molecule has 100 valence electrons. The molecule has 0 aliphatic rings. The summed E-state index contributed by atoms with van der Waals surface area (Å²) in [5, 5.41) is 6.74. The van der Waals surface area contributed by atoms with Gasteiger partial charge in [-0.3, -0.25) is 4.79 Å². The van der Waals surface area contributed by atoms with Crippen LogP contribution in [0.25, 0.3) is 0 Å². The predicted molar refractivity (Wildman–Crippen MR) is 75.2 cm³/mol. The summed E-state index contributed by atoms with van der Waals surface area (Å²) in [6.45, 7) is 5.96. The molecule has 0 unspecified atom stereocenters. The lowest BCUT2D eigenvalue weighted by Crippen LogP contribution is -2.20. The van der Waals surface area contributed by atoms with Crippen LogP contribution in [0.2, 0.25) is 0 Å². The van der Waals surface area contributed by atoms with Crippen molar-refractivity contribution in [2.24, 2.45) is 0 Å². The number of anilines is 2.